The van der Waals surface area contributed by atoms with E-state index in [1.807, 2.05) is 7.05 Å². The molecule has 114 valence electrons. The number of nitrogens with one attached hydrogen (secondary N) is 2. The maximum Gasteiger partial charge on any atom is 0.262 e. The van der Waals surface area contributed by atoms with Crippen LogP contribution < -0.4 is 10.6 Å². The Labute approximate surface area is 124 Å². The highest BCUT2D eigenvalue weighted by Gasteiger charge is 2.42. The zero-order chi connectivity index (χ0) is 12.5. The molecule has 1 aliphatic carbocycles. The summed E-state index contributed by atoms with van der Waals surface area (Å²) >= 11 is 0. The van der Waals surface area contributed by atoms with Crippen molar-refractivity contribution in [3.8, 4) is 0 Å². The summed E-state index contributed by atoms with van der Waals surface area (Å²) in [7, 11) is 2.02. The maximum atomic E-state index is 12.9. The average Bonchev–Trinajstić information content (AvgIpc) is 3.03. The predicted molar refractivity (Wildman–Crippen MR) is 74.5 cm³/mol. The minimum atomic E-state index is -2.74. The van der Waals surface area contributed by atoms with Crippen LogP contribution in [0.5, 0.6) is 0 Å². The Morgan fingerprint density at radius 1 is 1.42 bits per heavy atom. The van der Waals surface area contributed by atoms with Gasteiger partial charge in [-0.1, -0.05) is 0 Å². The van der Waals surface area contributed by atoms with Gasteiger partial charge >= 0.3 is 0 Å². The van der Waals surface area contributed by atoms with E-state index in [-0.39, 0.29) is 30.7 Å². The number of halogens is 4. The number of hydrogen-bond donors (Lipinski definition) is 2. The summed E-state index contributed by atoms with van der Waals surface area (Å²) in [6, 6.07) is -0.0860. The molecule has 8 heteroatoms. The van der Waals surface area contributed by atoms with Crippen LogP contribution in [0.15, 0.2) is 0 Å². The van der Waals surface area contributed by atoms with E-state index < -0.39 is 24.9 Å². The van der Waals surface area contributed by atoms with E-state index in [9.17, 15) is 13.6 Å². The van der Waals surface area contributed by atoms with E-state index >= 15 is 0 Å². The van der Waals surface area contributed by atoms with Gasteiger partial charge in [-0.25, -0.2) is 8.78 Å². The third-order valence-electron chi connectivity index (χ3n) is 3.36. The fourth-order valence-electron chi connectivity index (χ4n) is 2.08. The molecule has 0 bridgehead atoms. The van der Waals surface area contributed by atoms with Crippen LogP contribution in [-0.2, 0) is 4.79 Å². The van der Waals surface area contributed by atoms with Gasteiger partial charge in [0.1, 0.15) is 0 Å². The molecule has 1 saturated heterocycles. The predicted octanol–water partition coefficient (Wildman–Crippen LogP) is 1.04. The van der Waals surface area contributed by atoms with Gasteiger partial charge in [0, 0.05) is 25.6 Å². The van der Waals surface area contributed by atoms with Crippen LogP contribution in [0.25, 0.3) is 0 Å². The Morgan fingerprint density at radius 3 is 2.53 bits per heavy atom. The summed E-state index contributed by atoms with van der Waals surface area (Å²) in [5, 5.41) is 5.24. The van der Waals surface area contributed by atoms with Crippen molar-refractivity contribution in [2.24, 2.45) is 0 Å². The molecule has 1 amide bonds. The van der Waals surface area contributed by atoms with E-state index in [2.05, 4.69) is 15.5 Å². The highest BCUT2D eigenvalue weighted by molar-refractivity contribution is 5.85. The molecule has 1 unspecified atom stereocenters. The number of hydrogen-bond acceptors (Lipinski definition) is 3. The SMILES string of the molecule is CN(CCNC(=O)C1CC(F)(F)CN1)C1CC1.Cl.Cl. The van der Waals surface area contributed by atoms with Gasteiger partial charge in [0.2, 0.25) is 5.91 Å². The van der Waals surface area contributed by atoms with Crippen LogP contribution in [-0.4, -0.2) is 55.5 Å². The van der Waals surface area contributed by atoms with Crippen molar-refractivity contribution in [1.29, 1.82) is 0 Å². The van der Waals surface area contributed by atoms with Crippen molar-refractivity contribution in [2.75, 3.05) is 26.7 Å². The fraction of sp³-hybridized carbons (Fsp3) is 0.909. The molecule has 0 spiro atoms. The highest BCUT2D eigenvalue weighted by Crippen LogP contribution is 2.25. The van der Waals surface area contributed by atoms with Crippen molar-refractivity contribution < 1.29 is 13.6 Å². The lowest BCUT2D eigenvalue weighted by molar-refractivity contribution is -0.123. The van der Waals surface area contributed by atoms with Crippen molar-refractivity contribution >= 4 is 30.7 Å². The highest BCUT2D eigenvalue weighted by atomic mass is 35.5. The zero-order valence-electron chi connectivity index (χ0n) is 10.8. The molecular formula is C11H21Cl2F2N3O. The minimum absolute atomic E-state index is 0. The number of amides is 1. The van der Waals surface area contributed by atoms with Crippen molar-refractivity contribution in [3.63, 3.8) is 0 Å². The van der Waals surface area contributed by atoms with Crippen molar-refractivity contribution in [1.82, 2.24) is 15.5 Å². The number of likely N-dealkylation sites (N-methyl/N-ethyl adjacent to an activating group) is 1. The minimum Gasteiger partial charge on any atom is -0.353 e. The van der Waals surface area contributed by atoms with Gasteiger partial charge in [0.25, 0.3) is 5.92 Å². The fourth-order valence-corrected chi connectivity index (χ4v) is 2.08. The second-order valence-corrected chi connectivity index (χ2v) is 5.00. The van der Waals surface area contributed by atoms with Crippen LogP contribution in [0.4, 0.5) is 8.78 Å². The molecule has 0 aromatic rings. The Kier molecular flexibility index (Phi) is 7.50. The molecular weight excluding hydrogens is 299 g/mol. The van der Waals surface area contributed by atoms with Gasteiger partial charge in [-0.2, -0.15) is 0 Å². The largest absolute Gasteiger partial charge is 0.353 e. The molecule has 2 fully saturated rings. The standard InChI is InChI=1S/C11H19F2N3O.2ClH/c1-16(8-2-3-8)5-4-14-10(17)9-6-11(12,13)7-15-9;;/h8-9,15H,2-7H2,1H3,(H,14,17);2*1H. The molecule has 2 N–H and O–H groups in total. The first-order valence-corrected chi connectivity index (χ1v) is 6.07. The number of carbonyl (C=O) groups is 1. The molecule has 1 atom stereocenters. The van der Waals surface area contributed by atoms with Crippen LogP contribution >= 0.6 is 24.8 Å². The molecule has 0 aromatic heterocycles. The summed E-state index contributed by atoms with van der Waals surface area (Å²) in [5.74, 6) is -3.06. The van der Waals surface area contributed by atoms with Crippen molar-refractivity contribution in [3.05, 3.63) is 0 Å². The zero-order valence-corrected chi connectivity index (χ0v) is 12.5. The molecule has 0 radical (unpaired) electrons. The number of alkyl halides is 2. The van der Waals surface area contributed by atoms with Gasteiger partial charge in [0.05, 0.1) is 12.6 Å². The van der Waals surface area contributed by atoms with Crippen molar-refractivity contribution in [2.45, 2.75) is 37.3 Å². The van der Waals surface area contributed by atoms with Gasteiger partial charge < -0.3 is 10.2 Å². The summed E-state index contributed by atoms with van der Waals surface area (Å²) in [5.41, 5.74) is 0. The van der Waals surface area contributed by atoms with Gasteiger partial charge in [-0.15, -0.1) is 24.8 Å². The summed E-state index contributed by atoms with van der Waals surface area (Å²) in [6.07, 6.45) is 2.05. The molecule has 2 rings (SSSR count). The van der Waals surface area contributed by atoms with Crippen LogP contribution in [0.3, 0.4) is 0 Å². The second kappa shape index (κ2) is 7.57. The first-order chi connectivity index (χ1) is 7.98. The lowest BCUT2D eigenvalue weighted by Gasteiger charge is -2.17. The lowest BCUT2D eigenvalue weighted by Crippen LogP contribution is -2.43. The van der Waals surface area contributed by atoms with Gasteiger partial charge in [-0.3, -0.25) is 10.1 Å². The lowest BCUT2D eigenvalue weighted by atomic mass is 10.2. The summed E-state index contributed by atoms with van der Waals surface area (Å²) in [4.78, 5) is 13.8. The molecule has 19 heavy (non-hydrogen) atoms. The van der Waals surface area contributed by atoms with Crippen LogP contribution in [0, 0.1) is 0 Å². The van der Waals surface area contributed by atoms with E-state index in [0.717, 1.165) is 6.54 Å². The third kappa shape index (κ3) is 5.77. The van der Waals surface area contributed by atoms with Gasteiger partial charge in [0.15, 0.2) is 0 Å². The van der Waals surface area contributed by atoms with Crippen LogP contribution in [0.2, 0.25) is 0 Å². The average molecular weight is 320 g/mol. The molecule has 0 aromatic carbocycles. The monoisotopic (exact) mass is 319 g/mol. The molecule has 1 saturated carbocycles. The normalized spacial score (nSPS) is 24.5. The molecule has 1 heterocycles. The summed E-state index contributed by atoms with van der Waals surface area (Å²) < 4.78 is 25.7. The van der Waals surface area contributed by atoms with Gasteiger partial charge in [-0.05, 0) is 19.9 Å². The topological polar surface area (TPSA) is 44.4 Å². The first kappa shape index (κ1) is 18.8. The summed E-state index contributed by atoms with van der Waals surface area (Å²) in [6.45, 7) is 0.905. The number of rotatable bonds is 5. The smallest absolute Gasteiger partial charge is 0.262 e. The number of carbonyl (C=O) groups excluding carboxylic acids is 1. The number of nitrogens with zero attached hydrogens (tertiary/aromatic N) is 1. The quantitative estimate of drug-likeness (QED) is 0.795. The first-order valence-electron chi connectivity index (χ1n) is 6.07. The van der Waals surface area contributed by atoms with Crippen LogP contribution in [0.1, 0.15) is 19.3 Å². The Bertz CT molecular complexity index is 304. The molecule has 4 nitrogen and oxygen atoms in total. The Morgan fingerprint density at radius 2 is 2.05 bits per heavy atom. The third-order valence-corrected chi connectivity index (χ3v) is 3.36. The Hall–Kier alpha value is -0.170. The van der Waals surface area contributed by atoms with E-state index in [4.69, 9.17) is 0 Å². The molecule has 1 aliphatic heterocycles. The molecule has 2 aliphatic rings. The maximum absolute atomic E-state index is 12.9. The Balaban J connectivity index is 0.00000162. The van der Waals surface area contributed by atoms with E-state index in [1.54, 1.807) is 0 Å². The second-order valence-electron chi connectivity index (χ2n) is 5.00. The van der Waals surface area contributed by atoms with E-state index in [0.29, 0.717) is 12.6 Å². The van der Waals surface area contributed by atoms with E-state index in [1.165, 1.54) is 12.8 Å².